The van der Waals surface area contributed by atoms with Gasteiger partial charge in [0.25, 0.3) is 5.91 Å². The molecule has 0 aliphatic carbocycles. The minimum Gasteiger partial charge on any atom is -0.490 e. The highest BCUT2D eigenvalue weighted by molar-refractivity contribution is 5.94. The highest BCUT2D eigenvalue weighted by Gasteiger charge is 2.07. The molecule has 0 spiro atoms. The van der Waals surface area contributed by atoms with Gasteiger partial charge in [-0.3, -0.25) is 4.79 Å². The molecule has 0 radical (unpaired) electrons. The number of nitrogens with zero attached hydrogens (tertiary/aromatic N) is 2. The van der Waals surface area contributed by atoms with Crippen molar-refractivity contribution in [1.82, 2.24) is 14.9 Å². The van der Waals surface area contributed by atoms with E-state index in [1.165, 1.54) is 5.56 Å². The first kappa shape index (κ1) is 18.5. The van der Waals surface area contributed by atoms with Gasteiger partial charge in [0.1, 0.15) is 18.2 Å². The van der Waals surface area contributed by atoms with Gasteiger partial charge >= 0.3 is 0 Å². The van der Waals surface area contributed by atoms with E-state index < -0.39 is 0 Å². The van der Waals surface area contributed by atoms with Crippen molar-refractivity contribution in [3.8, 4) is 5.75 Å². The highest BCUT2D eigenvalue weighted by Crippen LogP contribution is 2.12. The summed E-state index contributed by atoms with van der Waals surface area (Å²) in [7, 11) is 0. The Balaban J connectivity index is 1.50. The van der Waals surface area contributed by atoms with Gasteiger partial charge in [0.05, 0.1) is 0 Å². The Hall–Kier alpha value is -3.34. The summed E-state index contributed by atoms with van der Waals surface area (Å²) in [5, 5.41) is 2.94. The van der Waals surface area contributed by atoms with Crippen molar-refractivity contribution >= 4 is 5.91 Å². The first-order valence-electron chi connectivity index (χ1n) is 8.92. The number of hydrogen-bond acceptors (Lipinski definition) is 3. The van der Waals surface area contributed by atoms with Crippen molar-refractivity contribution in [2.24, 2.45) is 0 Å². The fourth-order valence-corrected chi connectivity index (χ4v) is 2.74. The molecule has 2 aromatic carbocycles. The van der Waals surface area contributed by atoms with E-state index in [9.17, 15) is 4.79 Å². The fourth-order valence-electron chi connectivity index (χ4n) is 2.74. The van der Waals surface area contributed by atoms with Crippen molar-refractivity contribution in [2.45, 2.75) is 13.0 Å². The maximum absolute atomic E-state index is 12.3. The summed E-state index contributed by atoms with van der Waals surface area (Å²) in [6.45, 7) is 5.36. The lowest BCUT2D eigenvalue weighted by Gasteiger charge is -2.09. The zero-order valence-corrected chi connectivity index (χ0v) is 15.2. The number of nitrogens with one attached hydrogen (secondary N) is 1. The van der Waals surface area contributed by atoms with Crippen molar-refractivity contribution in [1.29, 1.82) is 0 Å². The Morgan fingerprint density at radius 2 is 1.93 bits per heavy atom. The van der Waals surface area contributed by atoms with Gasteiger partial charge in [-0.05, 0) is 29.8 Å². The molecule has 0 unspecified atom stereocenters. The molecule has 1 aromatic heterocycles. The standard InChI is InChI=1S/C22H23N3O2/c1-2-16-27-20-10-8-19(9-11-20)22(26)24-13-12-21-23-14-15-25(21)17-18-6-4-3-5-7-18/h2-11,14-15H,1,12-13,16-17H2,(H,24,26). The van der Waals surface area contributed by atoms with Crippen LogP contribution in [0.15, 0.2) is 79.6 Å². The third kappa shape index (κ3) is 5.31. The van der Waals surface area contributed by atoms with E-state index in [0.29, 0.717) is 25.1 Å². The van der Waals surface area contributed by atoms with Crippen LogP contribution in [0.5, 0.6) is 5.75 Å². The molecule has 27 heavy (non-hydrogen) atoms. The molecule has 5 heteroatoms. The minimum absolute atomic E-state index is 0.105. The molecule has 0 saturated carbocycles. The summed E-state index contributed by atoms with van der Waals surface area (Å²) in [5.74, 6) is 1.56. The summed E-state index contributed by atoms with van der Waals surface area (Å²) in [6, 6.07) is 17.3. The molecule has 1 N–H and O–H groups in total. The van der Waals surface area contributed by atoms with E-state index in [1.54, 1.807) is 36.5 Å². The maximum Gasteiger partial charge on any atom is 0.251 e. The predicted molar refractivity (Wildman–Crippen MR) is 106 cm³/mol. The quantitative estimate of drug-likeness (QED) is 0.594. The number of rotatable bonds is 9. The monoisotopic (exact) mass is 361 g/mol. The minimum atomic E-state index is -0.105. The lowest BCUT2D eigenvalue weighted by molar-refractivity contribution is 0.0954. The van der Waals surface area contributed by atoms with Crippen LogP contribution in [0.3, 0.4) is 0 Å². The maximum atomic E-state index is 12.3. The first-order valence-corrected chi connectivity index (χ1v) is 8.92. The Kier molecular flexibility index (Phi) is 6.41. The number of amides is 1. The Bertz CT molecular complexity index is 870. The molecule has 5 nitrogen and oxygen atoms in total. The Morgan fingerprint density at radius 3 is 2.67 bits per heavy atom. The summed E-state index contributed by atoms with van der Waals surface area (Å²) in [5.41, 5.74) is 1.83. The van der Waals surface area contributed by atoms with Crippen molar-refractivity contribution in [3.05, 3.63) is 96.6 Å². The van der Waals surface area contributed by atoms with E-state index in [-0.39, 0.29) is 5.91 Å². The van der Waals surface area contributed by atoms with Crippen molar-refractivity contribution in [2.75, 3.05) is 13.2 Å². The molecule has 0 atom stereocenters. The highest BCUT2D eigenvalue weighted by atomic mass is 16.5. The van der Waals surface area contributed by atoms with Gasteiger partial charge in [0.15, 0.2) is 0 Å². The first-order chi connectivity index (χ1) is 13.3. The molecule has 3 rings (SSSR count). The number of carbonyl (C=O) groups is 1. The smallest absolute Gasteiger partial charge is 0.251 e. The molecule has 1 amide bonds. The lowest BCUT2D eigenvalue weighted by atomic mass is 10.2. The van der Waals surface area contributed by atoms with E-state index >= 15 is 0 Å². The van der Waals surface area contributed by atoms with Crippen LogP contribution in [0.2, 0.25) is 0 Å². The van der Waals surface area contributed by atoms with Crippen LogP contribution in [0.4, 0.5) is 0 Å². The fraction of sp³-hybridized carbons (Fsp3) is 0.182. The normalized spacial score (nSPS) is 10.4. The topological polar surface area (TPSA) is 56.1 Å². The van der Waals surface area contributed by atoms with Crippen molar-refractivity contribution < 1.29 is 9.53 Å². The second-order valence-electron chi connectivity index (χ2n) is 6.09. The lowest BCUT2D eigenvalue weighted by Crippen LogP contribution is -2.26. The predicted octanol–water partition coefficient (Wildman–Crippen LogP) is 3.47. The van der Waals surface area contributed by atoms with E-state index in [0.717, 1.165) is 18.1 Å². The summed E-state index contributed by atoms with van der Waals surface area (Å²) in [6.07, 6.45) is 6.11. The molecule has 138 valence electrons. The number of carbonyl (C=O) groups excluding carboxylic acids is 1. The number of hydrogen-bond donors (Lipinski definition) is 1. The summed E-state index contributed by atoms with van der Waals surface area (Å²) < 4.78 is 7.53. The Morgan fingerprint density at radius 1 is 1.15 bits per heavy atom. The van der Waals surface area contributed by atoms with Gasteiger partial charge in [-0.1, -0.05) is 43.0 Å². The molecule has 0 aliphatic heterocycles. The SMILES string of the molecule is C=CCOc1ccc(C(=O)NCCc2nccn2Cc2ccccc2)cc1. The molecular weight excluding hydrogens is 338 g/mol. The number of benzene rings is 2. The van der Waals surface area contributed by atoms with Crippen LogP contribution in [0, 0.1) is 0 Å². The van der Waals surface area contributed by atoms with Gasteiger partial charge in [-0.15, -0.1) is 0 Å². The largest absolute Gasteiger partial charge is 0.490 e. The molecular formula is C22H23N3O2. The second kappa shape index (κ2) is 9.38. The molecule has 3 aromatic rings. The molecule has 0 saturated heterocycles. The van der Waals surface area contributed by atoms with Crippen LogP contribution in [-0.2, 0) is 13.0 Å². The zero-order chi connectivity index (χ0) is 18.9. The van der Waals surface area contributed by atoms with Crippen LogP contribution in [-0.4, -0.2) is 28.6 Å². The van der Waals surface area contributed by atoms with Gasteiger partial charge in [0.2, 0.25) is 0 Å². The van der Waals surface area contributed by atoms with E-state index in [1.807, 2.05) is 24.4 Å². The average Bonchev–Trinajstić information content (AvgIpc) is 3.14. The van der Waals surface area contributed by atoms with Gasteiger partial charge in [0, 0.05) is 37.5 Å². The summed E-state index contributed by atoms with van der Waals surface area (Å²) >= 11 is 0. The molecule has 1 heterocycles. The second-order valence-corrected chi connectivity index (χ2v) is 6.09. The van der Waals surface area contributed by atoms with Gasteiger partial charge in [-0.2, -0.15) is 0 Å². The number of imidazole rings is 1. The molecule has 0 bridgehead atoms. The average molecular weight is 361 g/mol. The van der Waals surface area contributed by atoms with Crippen LogP contribution in [0.25, 0.3) is 0 Å². The van der Waals surface area contributed by atoms with Gasteiger partial charge < -0.3 is 14.6 Å². The Labute approximate surface area is 159 Å². The number of aromatic nitrogens is 2. The number of ether oxygens (including phenoxy) is 1. The van der Waals surface area contributed by atoms with Gasteiger partial charge in [-0.25, -0.2) is 4.98 Å². The summed E-state index contributed by atoms with van der Waals surface area (Å²) in [4.78, 5) is 16.7. The van der Waals surface area contributed by atoms with Crippen LogP contribution >= 0.6 is 0 Å². The van der Waals surface area contributed by atoms with Crippen molar-refractivity contribution in [3.63, 3.8) is 0 Å². The molecule has 0 fully saturated rings. The third-order valence-electron chi connectivity index (χ3n) is 4.12. The van der Waals surface area contributed by atoms with E-state index in [2.05, 4.69) is 33.6 Å². The van der Waals surface area contributed by atoms with Crippen LogP contribution < -0.4 is 10.1 Å². The third-order valence-corrected chi connectivity index (χ3v) is 4.12. The molecule has 0 aliphatic rings. The van der Waals surface area contributed by atoms with Crippen LogP contribution in [0.1, 0.15) is 21.7 Å². The van der Waals surface area contributed by atoms with E-state index in [4.69, 9.17) is 4.74 Å². The zero-order valence-electron chi connectivity index (χ0n) is 15.2.